The molecule has 5 heteroatoms. The molecule has 4 nitrogen and oxygen atoms in total. The van der Waals surface area contributed by atoms with Gasteiger partial charge in [0.05, 0.1) is 5.56 Å². The number of nitrogens with one attached hydrogen (secondary N) is 1. The van der Waals surface area contributed by atoms with E-state index < -0.39 is 0 Å². The highest BCUT2D eigenvalue weighted by molar-refractivity contribution is 7.11. The number of hydrogen-bond donors (Lipinski definition) is 2. The van der Waals surface area contributed by atoms with Crippen LogP contribution in [-0.4, -0.2) is 15.9 Å². The quantitative estimate of drug-likeness (QED) is 0.889. The molecular formula is C16H22N4S. The van der Waals surface area contributed by atoms with Crippen molar-refractivity contribution in [1.82, 2.24) is 9.36 Å². The van der Waals surface area contributed by atoms with Crippen LogP contribution in [0.15, 0.2) is 24.5 Å². The molecule has 0 amide bonds. The predicted octanol–water partition coefficient (Wildman–Crippen LogP) is 4.17. The zero-order valence-electron chi connectivity index (χ0n) is 12.4. The molecular weight excluding hydrogens is 280 g/mol. The van der Waals surface area contributed by atoms with Crippen LogP contribution in [0.3, 0.4) is 0 Å². The molecule has 2 heterocycles. The van der Waals surface area contributed by atoms with E-state index in [1.165, 1.54) is 43.6 Å². The Balaban J connectivity index is 1.77. The summed E-state index contributed by atoms with van der Waals surface area (Å²) in [4.78, 5) is 4.18. The van der Waals surface area contributed by atoms with Gasteiger partial charge in [0, 0.05) is 24.5 Å². The summed E-state index contributed by atoms with van der Waals surface area (Å²) in [6.45, 7) is 3.37. The van der Waals surface area contributed by atoms with Gasteiger partial charge in [-0.05, 0) is 35.9 Å². The van der Waals surface area contributed by atoms with Crippen molar-refractivity contribution in [2.45, 2.75) is 39.0 Å². The normalized spacial score (nSPS) is 17.6. The molecule has 112 valence electrons. The maximum atomic E-state index is 6.05. The second kappa shape index (κ2) is 6.02. The molecule has 1 aliphatic rings. The highest BCUT2D eigenvalue weighted by atomic mass is 32.1. The van der Waals surface area contributed by atoms with Crippen molar-refractivity contribution in [3.8, 4) is 11.1 Å². The van der Waals surface area contributed by atoms with E-state index in [1.807, 2.05) is 18.3 Å². The van der Waals surface area contributed by atoms with Crippen molar-refractivity contribution in [3.63, 3.8) is 0 Å². The van der Waals surface area contributed by atoms with Crippen LogP contribution in [-0.2, 0) is 0 Å². The van der Waals surface area contributed by atoms with Gasteiger partial charge >= 0.3 is 0 Å². The fourth-order valence-electron chi connectivity index (χ4n) is 3.09. The lowest BCUT2D eigenvalue weighted by molar-refractivity contribution is 0.233. The molecule has 0 aliphatic heterocycles. The molecule has 1 saturated carbocycles. The van der Waals surface area contributed by atoms with Crippen molar-refractivity contribution in [2.75, 3.05) is 17.6 Å². The first-order valence-corrected chi connectivity index (χ1v) is 8.35. The number of nitrogen functional groups attached to an aromatic ring is 1. The third-order valence-electron chi connectivity index (χ3n) is 4.41. The van der Waals surface area contributed by atoms with Crippen LogP contribution < -0.4 is 11.1 Å². The predicted molar refractivity (Wildman–Crippen MR) is 89.4 cm³/mol. The molecule has 2 aromatic heterocycles. The highest BCUT2D eigenvalue weighted by Crippen LogP contribution is 2.39. The van der Waals surface area contributed by atoms with Gasteiger partial charge in [-0.3, -0.25) is 4.98 Å². The number of rotatable bonds is 4. The number of nitrogens with zero attached hydrogens (tertiary/aromatic N) is 2. The summed E-state index contributed by atoms with van der Waals surface area (Å²) >= 11 is 1.44. The fraction of sp³-hybridized carbons (Fsp3) is 0.500. The maximum absolute atomic E-state index is 6.05. The van der Waals surface area contributed by atoms with Crippen LogP contribution >= 0.6 is 11.5 Å². The molecule has 0 bridgehead atoms. The van der Waals surface area contributed by atoms with Crippen LogP contribution in [0.25, 0.3) is 11.1 Å². The molecule has 0 aromatic carbocycles. The summed E-state index contributed by atoms with van der Waals surface area (Å²) in [6, 6.07) is 3.96. The number of anilines is 2. The van der Waals surface area contributed by atoms with E-state index in [2.05, 4.69) is 21.6 Å². The Labute approximate surface area is 130 Å². The van der Waals surface area contributed by atoms with E-state index in [-0.39, 0.29) is 0 Å². The summed E-state index contributed by atoms with van der Waals surface area (Å²) < 4.78 is 4.31. The van der Waals surface area contributed by atoms with Gasteiger partial charge < -0.3 is 11.1 Å². The van der Waals surface area contributed by atoms with Gasteiger partial charge in [-0.1, -0.05) is 32.3 Å². The smallest absolute Gasteiger partial charge is 0.147 e. The summed E-state index contributed by atoms with van der Waals surface area (Å²) in [5, 5.41) is 4.65. The van der Waals surface area contributed by atoms with Crippen molar-refractivity contribution < 1.29 is 0 Å². The average molecular weight is 302 g/mol. The van der Waals surface area contributed by atoms with Gasteiger partial charge in [0.1, 0.15) is 10.8 Å². The Morgan fingerprint density at radius 2 is 2.14 bits per heavy atom. The summed E-state index contributed by atoms with van der Waals surface area (Å²) in [7, 11) is 0. The Morgan fingerprint density at radius 1 is 1.33 bits per heavy atom. The minimum atomic E-state index is 0.392. The average Bonchev–Trinajstić information content (AvgIpc) is 2.88. The van der Waals surface area contributed by atoms with E-state index in [0.717, 1.165) is 22.7 Å². The molecule has 2 aromatic rings. The molecule has 0 radical (unpaired) electrons. The lowest BCUT2D eigenvalue weighted by atomic mass is 9.76. The van der Waals surface area contributed by atoms with Gasteiger partial charge in [0.15, 0.2) is 0 Å². The third-order valence-corrected chi connectivity index (χ3v) is 5.22. The van der Waals surface area contributed by atoms with E-state index in [4.69, 9.17) is 5.73 Å². The third kappa shape index (κ3) is 3.18. The van der Waals surface area contributed by atoms with Crippen LogP contribution in [0.4, 0.5) is 10.8 Å². The number of nitrogens with two attached hydrogens (primary N) is 1. The second-order valence-electron chi connectivity index (χ2n) is 6.24. The Bertz CT molecular complexity index is 588. The van der Waals surface area contributed by atoms with Crippen molar-refractivity contribution in [3.05, 3.63) is 24.5 Å². The second-order valence-corrected chi connectivity index (χ2v) is 7.01. The SMILES string of the molecule is CC1(CNc2snc(N)c2-c2cccnc2)CCCCC1. The van der Waals surface area contributed by atoms with Gasteiger partial charge in [-0.15, -0.1) is 0 Å². The summed E-state index contributed by atoms with van der Waals surface area (Å²) in [5.74, 6) is 0.587. The molecule has 1 aliphatic carbocycles. The van der Waals surface area contributed by atoms with E-state index in [1.54, 1.807) is 6.20 Å². The molecule has 3 N–H and O–H groups in total. The molecule has 0 atom stereocenters. The van der Waals surface area contributed by atoms with Crippen LogP contribution in [0.2, 0.25) is 0 Å². The van der Waals surface area contributed by atoms with E-state index in [0.29, 0.717) is 11.2 Å². The van der Waals surface area contributed by atoms with Gasteiger partial charge in [0.2, 0.25) is 0 Å². The van der Waals surface area contributed by atoms with Crippen LogP contribution in [0, 0.1) is 5.41 Å². The summed E-state index contributed by atoms with van der Waals surface area (Å²) in [6.07, 6.45) is 10.3. The Kier molecular flexibility index (Phi) is 4.10. The first-order chi connectivity index (χ1) is 10.2. The highest BCUT2D eigenvalue weighted by Gasteiger charge is 2.27. The number of hydrogen-bond acceptors (Lipinski definition) is 5. The lowest BCUT2D eigenvalue weighted by Gasteiger charge is -2.33. The zero-order chi connectivity index (χ0) is 14.7. The fourth-order valence-corrected chi connectivity index (χ4v) is 3.82. The molecule has 21 heavy (non-hydrogen) atoms. The monoisotopic (exact) mass is 302 g/mol. The molecule has 1 fully saturated rings. The van der Waals surface area contributed by atoms with Gasteiger partial charge in [-0.2, -0.15) is 4.37 Å². The van der Waals surface area contributed by atoms with Crippen molar-refractivity contribution in [2.24, 2.45) is 5.41 Å². The minimum Gasteiger partial charge on any atom is -0.382 e. The molecule has 0 unspecified atom stereocenters. The van der Waals surface area contributed by atoms with E-state index in [9.17, 15) is 0 Å². The van der Waals surface area contributed by atoms with Gasteiger partial charge in [-0.25, -0.2) is 0 Å². The summed E-state index contributed by atoms with van der Waals surface area (Å²) in [5.41, 5.74) is 8.46. The lowest BCUT2D eigenvalue weighted by Crippen LogP contribution is -2.28. The topological polar surface area (TPSA) is 63.8 Å². The first kappa shape index (κ1) is 14.3. The Hall–Kier alpha value is -1.62. The Morgan fingerprint density at radius 3 is 2.86 bits per heavy atom. The largest absolute Gasteiger partial charge is 0.382 e. The zero-order valence-corrected chi connectivity index (χ0v) is 13.2. The van der Waals surface area contributed by atoms with Crippen LogP contribution in [0.1, 0.15) is 39.0 Å². The standard InChI is InChI=1S/C16H22N4S/c1-16(7-3-2-4-8-16)11-19-15-13(14(17)20-21-15)12-6-5-9-18-10-12/h5-6,9-10,19H,2-4,7-8,11H2,1H3,(H2,17,20). The minimum absolute atomic E-state index is 0.392. The number of aromatic nitrogens is 2. The van der Waals surface area contributed by atoms with Crippen molar-refractivity contribution >= 4 is 22.4 Å². The maximum Gasteiger partial charge on any atom is 0.147 e. The first-order valence-electron chi connectivity index (χ1n) is 7.57. The molecule has 0 spiro atoms. The van der Waals surface area contributed by atoms with Gasteiger partial charge in [0.25, 0.3) is 0 Å². The van der Waals surface area contributed by atoms with Crippen LogP contribution in [0.5, 0.6) is 0 Å². The number of pyridine rings is 1. The van der Waals surface area contributed by atoms with Crippen molar-refractivity contribution in [1.29, 1.82) is 0 Å². The van der Waals surface area contributed by atoms with E-state index >= 15 is 0 Å². The molecule has 0 saturated heterocycles. The molecule has 3 rings (SSSR count).